The third-order valence-electron chi connectivity index (χ3n) is 0.904. The highest BCUT2D eigenvalue weighted by Gasteiger charge is 1.88. The normalized spacial score (nSPS) is 9.60. The van der Waals surface area contributed by atoms with Crippen molar-refractivity contribution in [3.8, 4) is 0 Å². The van der Waals surface area contributed by atoms with Crippen molar-refractivity contribution in [2.24, 2.45) is 0 Å². The fraction of sp³-hybridized carbons (Fsp3) is 1.00. The zero-order chi connectivity index (χ0) is 7.11. The van der Waals surface area contributed by atoms with Crippen molar-refractivity contribution in [1.29, 1.82) is 0 Å². The van der Waals surface area contributed by atoms with Crippen LogP contribution in [0.25, 0.3) is 0 Å². The molecule has 0 aromatic rings. The topological polar surface area (TPSA) is 12.5 Å². The minimum absolute atomic E-state index is 0. The molecular weight excluding hydrogens is 173 g/mol. The molecule has 0 aromatic heterocycles. The molecule has 0 bridgehead atoms. The number of alkyl halides is 1. The van der Waals surface area contributed by atoms with Gasteiger partial charge in [-0.25, -0.2) is 0 Å². The van der Waals surface area contributed by atoms with Crippen molar-refractivity contribution >= 4 is 24.0 Å². The first-order valence-electron chi connectivity index (χ1n) is 3.06. The van der Waals surface area contributed by atoms with E-state index in [1.165, 1.54) is 0 Å². The molecule has 0 fully saturated rings. The quantitative estimate of drug-likeness (QED) is 0.475. The average molecular weight is 188 g/mol. The molecule has 10 heavy (non-hydrogen) atoms. The second-order valence-electron chi connectivity index (χ2n) is 2.10. The van der Waals surface area contributed by atoms with Crippen molar-refractivity contribution in [3.05, 3.63) is 0 Å². The highest BCUT2D eigenvalue weighted by Crippen LogP contribution is 1.80. The lowest BCUT2D eigenvalue weighted by atomic mass is 10.6. The smallest absolute Gasteiger partial charge is 0.0602 e. The molecular formula is C6H15Cl2NO. The molecule has 0 amide bonds. The van der Waals surface area contributed by atoms with Gasteiger partial charge in [0.1, 0.15) is 0 Å². The molecule has 0 saturated heterocycles. The summed E-state index contributed by atoms with van der Waals surface area (Å²) >= 11 is 5.38. The van der Waals surface area contributed by atoms with Gasteiger partial charge in [-0.3, -0.25) is 0 Å². The molecule has 0 N–H and O–H groups in total. The van der Waals surface area contributed by atoms with E-state index in [1.54, 1.807) is 0 Å². The monoisotopic (exact) mass is 187 g/mol. The van der Waals surface area contributed by atoms with Crippen LogP contribution in [0.1, 0.15) is 0 Å². The molecule has 0 atom stereocenters. The van der Waals surface area contributed by atoms with Crippen LogP contribution in [-0.4, -0.2) is 44.6 Å². The summed E-state index contributed by atoms with van der Waals surface area (Å²) in [5.41, 5.74) is 0. The van der Waals surface area contributed by atoms with Crippen molar-refractivity contribution in [1.82, 2.24) is 4.90 Å². The van der Waals surface area contributed by atoms with Gasteiger partial charge in [-0.05, 0) is 14.1 Å². The zero-order valence-electron chi connectivity index (χ0n) is 6.47. The Morgan fingerprint density at radius 3 is 2.30 bits per heavy atom. The van der Waals surface area contributed by atoms with Gasteiger partial charge in [0.15, 0.2) is 0 Å². The Morgan fingerprint density at radius 2 is 1.90 bits per heavy atom. The summed E-state index contributed by atoms with van der Waals surface area (Å²) in [6.45, 7) is 2.41. The number of rotatable bonds is 5. The highest BCUT2D eigenvalue weighted by atomic mass is 35.5. The molecule has 0 heterocycles. The van der Waals surface area contributed by atoms with Crippen LogP contribution in [0.3, 0.4) is 0 Å². The number of halogens is 2. The predicted octanol–water partition coefficient (Wildman–Crippen LogP) is 1.23. The van der Waals surface area contributed by atoms with E-state index in [-0.39, 0.29) is 12.4 Å². The Bertz CT molecular complexity index is 61.7. The third-order valence-corrected chi connectivity index (χ3v) is 1.06. The van der Waals surface area contributed by atoms with Gasteiger partial charge in [0.25, 0.3) is 0 Å². The fourth-order valence-electron chi connectivity index (χ4n) is 0.404. The fourth-order valence-corrected chi connectivity index (χ4v) is 0.513. The first-order valence-corrected chi connectivity index (χ1v) is 3.59. The molecule has 2 nitrogen and oxygen atoms in total. The Morgan fingerprint density at radius 1 is 1.30 bits per heavy atom. The van der Waals surface area contributed by atoms with E-state index in [0.717, 1.165) is 13.2 Å². The van der Waals surface area contributed by atoms with Crippen molar-refractivity contribution in [3.63, 3.8) is 0 Å². The number of likely N-dealkylation sites (N-methyl/N-ethyl adjacent to an activating group) is 1. The maximum absolute atomic E-state index is 5.38. The third kappa shape index (κ3) is 11.3. The first-order chi connectivity index (χ1) is 4.27. The van der Waals surface area contributed by atoms with Crippen LogP contribution in [0.15, 0.2) is 0 Å². The maximum atomic E-state index is 5.38. The van der Waals surface area contributed by atoms with Crippen LogP contribution in [0, 0.1) is 0 Å². The Balaban J connectivity index is 0. The second kappa shape index (κ2) is 9.50. The summed E-state index contributed by atoms with van der Waals surface area (Å²) in [4.78, 5) is 2.08. The number of nitrogens with zero attached hydrogens (tertiary/aromatic N) is 1. The van der Waals surface area contributed by atoms with Gasteiger partial charge >= 0.3 is 0 Å². The van der Waals surface area contributed by atoms with E-state index >= 15 is 0 Å². The number of hydrogen-bond acceptors (Lipinski definition) is 2. The van der Waals surface area contributed by atoms with Crippen LogP contribution >= 0.6 is 24.0 Å². The summed E-state index contributed by atoms with van der Waals surface area (Å²) in [6.07, 6.45) is 0. The first kappa shape index (κ1) is 13.1. The van der Waals surface area contributed by atoms with Crippen LogP contribution in [0.5, 0.6) is 0 Å². The Hall–Kier alpha value is 0.500. The molecule has 0 unspecified atom stereocenters. The van der Waals surface area contributed by atoms with E-state index in [0.29, 0.717) is 12.5 Å². The van der Waals surface area contributed by atoms with Crippen LogP contribution in [0.2, 0.25) is 0 Å². The molecule has 64 valence electrons. The molecule has 0 radical (unpaired) electrons. The maximum Gasteiger partial charge on any atom is 0.0602 e. The lowest BCUT2D eigenvalue weighted by Gasteiger charge is -2.08. The van der Waals surface area contributed by atoms with Gasteiger partial charge < -0.3 is 9.64 Å². The number of ether oxygens (including phenoxy) is 1. The van der Waals surface area contributed by atoms with E-state index in [2.05, 4.69) is 4.90 Å². The van der Waals surface area contributed by atoms with Crippen LogP contribution in [0.4, 0.5) is 0 Å². The molecule has 0 saturated carbocycles. The van der Waals surface area contributed by atoms with Gasteiger partial charge in [-0.2, -0.15) is 0 Å². The summed E-state index contributed by atoms with van der Waals surface area (Å²) in [7, 11) is 4.04. The van der Waals surface area contributed by atoms with Crippen LogP contribution in [-0.2, 0) is 4.74 Å². The molecule has 0 aliphatic rings. The highest BCUT2D eigenvalue weighted by molar-refractivity contribution is 6.17. The second-order valence-corrected chi connectivity index (χ2v) is 2.48. The Labute approximate surface area is 73.9 Å². The molecule has 4 heteroatoms. The average Bonchev–Trinajstić information content (AvgIpc) is 1.80. The summed E-state index contributed by atoms with van der Waals surface area (Å²) < 4.78 is 5.12. The van der Waals surface area contributed by atoms with E-state index in [4.69, 9.17) is 16.3 Å². The SMILES string of the molecule is CN(C)CCOCCCl.Cl. The lowest BCUT2D eigenvalue weighted by molar-refractivity contribution is 0.130. The van der Waals surface area contributed by atoms with Gasteiger partial charge in [-0.1, -0.05) is 0 Å². The summed E-state index contributed by atoms with van der Waals surface area (Å²) in [5, 5.41) is 0. The van der Waals surface area contributed by atoms with Crippen LogP contribution < -0.4 is 0 Å². The molecule has 0 aromatic carbocycles. The van der Waals surface area contributed by atoms with Crippen molar-refractivity contribution < 1.29 is 4.74 Å². The summed E-state index contributed by atoms with van der Waals surface area (Å²) in [5.74, 6) is 0.591. The van der Waals surface area contributed by atoms with Gasteiger partial charge in [0.05, 0.1) is 13.2 Å². The van der Waals surface area contributed by atoms with Gasteiger partial charge in [0.2, 0.25) is 0 Å². The molecule has 0 aliphatic heterocycles. The minimum Gasteiger partial charge on any atom is -0.379 e. The van der Waals surface area contributed by atoms with E-state index < -0.39 is 0 Å². The summed E-state index contributed by atoms with van der Waals surface area (Å²) in [6, 6.07) is 0. The minimum atomic E-state index is 0. The molecule has 0 rings (SSSR count). The standard InChI is InChI=1S/C6H14ClNO.ClH/c1-8(2)4-6-9-5-3-7;/h3-6H2,1-2H3;1H. The zero-order valence-corrected chi connectivity index (χ0v) is 8.04. The largest absolute Gasteiger partial charge is 0.379 e. The van der Waals surface area contributed by atoms with Crippen molar-refractivity contribution in [2.75, 3.05) is 39.7 Å². The predicted molar refractivity (Wildman–Crippen MR) is 47.3 cm³/mol. The van der Waals surface area contributed by atoms with E-state index in [1.807, 2.05) is 14.1 Å². The van der Waals surface area contributed by atoms with E-state index in [9.17, 15) is 0 Å². The molecule has 0 aliphatic carbocycles. The van der Waals surface area contributed by atoms with Crippen molar-refractivity contribution in [2.45, 2.75) is 0 Å². The number of hydrogen-bond donors (Lipinski definition) is 0. The lowest BCUT2D eigenvalue weighted by Crippen LogP contribution is -2.18. The van der Waals surface area contributed by atoms with Gasteiger partial charge in [-0.15, -0.1) is 24.0 Å². The molecule has 0 spiro atoms. The van der Waals surface area contributed by atoms with Gasteiger partial charge in [0, 0.05) is 12.4 Å². The Kier molecular flexibility index (Phi) is 12.5.